The zero-order valence-corrected chi connectivity index (χ0v) is 12.9. The molecule has 0 amide bonds. The van der Waals surface area contributed by atoms with Crippen molar-refractivity contribution in [2.75, 3.05) is 13.7 Å². The van der Waals surface area contributed by atoms with E-state index in [0.29, 0.717) is 17.8 Å². The first kappa shape index (κ1) is 15.2. The Hall–Kier alpha value is -1.16. The van der Waals surface area contributed by atoms with Crippen LogP contribution in [0.3, 0.4) is 0 Å². The van der Waals surface area contributed by atoms with E-state index in [4.69, 9.17) is 4.74 Å². The fourth-order valence-electron chi connectivity index (χ4n) is 3.30. The third-order valence-corrected chi connectivity index (χ3v) is 4.56. The van der Waals surface area contributed by atoms with Crippen molar-refractivity contribution in [2.24, 2.45) is 11.8 Å². The Balaban J connectivity index is 2.10. The summed E-state index contributed by atoms with van der Waals surface area (Å²) in [5, 5.41) is 3.61. The van der Waals surface area contributed by atoms with Crippen molar-refractivity contribution >= 4 is 0 Å². The molecule has 20 heavy (non-hydrogen) atoms. The van der Waals surface area contributed by atoms with Gasteiger partial charge in [0.2, 0.25) is 5.88 Å². The van der Waals surface area contributed by atoms with Gasteiger partial charge >= 0.3 is 0 Å². The summed E-state index contributed by atoms with van der Waals surface area (Å²) in [7, 11) is 1.65. The van der Waals surface area contributed by atoms with Gasteiger partial charge in [0.05, 0.1) is 18.8 Å². The number of hydrogen-bond acceptors (Lipinski definition) is 4. The molecule has 0 aromatic carbocycles. The van der Waals surface area contributed by atoms with Crippen LogP contribution in [0.2, 0.25) is 0 Å². The summed E-state index contributed by atoms with van der Waals surface area (Å²) in [6.07, 6.45) is 8.22. The van der Waals surface area contributed by atoms with Gasteiger partial charge in [0, 0.05) is 6.07 Å². The molecular formula is C16H27N3O. The second-order valence-electron chi connectivity index (χ2n) is 5.71. The number of aromatic nitrogens is 2. The molecule has 0 bridgehead atoms. The molecule has 0 radical (unpaired) electrons. The summed E-state index contributed by atoms with van der Waals surface area (Å²) in [4.78, 5) is 8.58. The summed E-state index contributed by atoms with van der Waals surface area (Å²) >= 11 is 0. The van der Waals surface area contributed by atoms with Gasteiger partial charge in [-0.3, -0.25) is 0 Å². The van der Waals surface area contributed by atoms with Crippen LogP contribution in [0, 0.1) is 11.8 Å². The highest BCUT2D eigenvalue weighted by molar-refractivity contribution is 5.17. The summed E-state index contributed by atoms with van der Waals surface area (Å²) in [5.74, 6) is 2.26. The normalized spacial score (nSPS) is 24.4. The fraction of sp³-hybridized carbons (Fsp3) is 0.750. The molecule has 0 spiro atoms. The third-order valence-electron chi connectivity index (χ3n) is 4.56. The van der Waals surface area contributed by atoms with Crippen molar-refractivity contribution in [3.63, 3.8) is 0 Å². The molecule has 1 N–H and O–H groups in total. The number of nitrogens with zero attached hydrogens (tertiary/aromatic N) is 2. The molecule has 1 aromatic heterocycles. The van der Waals surface area contributed by atoms with Crippen LogP contribution < -0.4 is 10.1 Å². The summed E-state index contributed by atoms with van der Waals surface area (Å²) in [6, 6.07) is 2.30. The smallest absolute Gasteiger partial charge is 0.216 e. The molecule has 4 heteroatoms. The van der Waals surface area contributed by atoms with Crippen LogP contribution in [-0.2, 0) is 0 Å². The van der Waals surface area contributed by atoms with Gasteiger partial charge in [-0.15, -0.1) is 0 Å². The molecule has 112 valence electrons. The number of nitrogens with one attached hydrogen (secondary N) is 1. The van der Waals surface area contributed by atoms with Gasteiger partial charge in [-0.1, -0.05) is 33.1 Å². The van der Waals surface area contributed by atoms with E-state index in [1.807, 2.05) is 6.07 Å². The average molecular weight is 277 g/mol. The Morgan fingerprint density at radius 2 is 2.00 bits per heavy atom. The molecule has 4 nitrogen and oxygen atoms in total. The molecule has 1 heterocycles. The lowest BCUT2D eigenvalue weighted by atomic mass is 9.77. The molecule has 2 rings (SSSR count). The predicted octanol–water partition coefficient (Wildman–Crippen LogP) is 3.35. The number of rotatable bonds is 6. The van der Waals surface area contributed by atoms with Gasteiger partial charge < -0.3 is 10.1 Å². The van der Waals surface area contributed by atoms with Crippen LogP contribution in [0.25, 0.3) is 0 Å². The second-order valence-corrected chi connectivity index (χ2v) is 5.71. The topological polar surface area (TPSA) is 47.0 Å². The van der Waals surface area contributed by atoms with Crippen LogP contribution in [0.15, 0.2) is 12.4 Å². The molecule has 1 unspecified atom stereocenters. The van der Waals surface area contributed by atoms with Gasteiger partial charge in [0.1, 0.15) is 6.33 Å². The molecule has 1 fully saturated rings. The maximum absolute atomic E-state index is 5.23. The van der Waals surface area contributed by atoms with E-state index in [1.165, 1.54) is 32.1 Å². The third kappa shape index (κ3) is 3.69. The van der Waals surface area contributed by atoms with Crippen molar-refractivity contribution in [3.8, 4) is 5.88 Å². The van der Waals surface area contributed by atoms with Crippen molar-refractivity contribution < 1.29 is 4.74 Å². The number of ether oxygens (including phenoxy) is 1. The molecule has 1 aliphatic rings. The Morgan fingerprint density at radius 3 is 2.60 bits per heavy atom. The Labute approximate surface area is 122 Å². The monoisotopic (exact) mass is 277 g/mol. The van der Waals surface area contributed by atoms with E-state index in [0.717, 1.165) is 18.2 Å². The van der Waals surface area contributed by atoms with Crippen molar-refractivity contribution in [2.45, 2.75) is 52.0 Å². The lowest BCUT2D eigenvalue weighted by Gasteiger charge is -2.33. The number of hydrogen-bond donors (Lipinski definition) is 1. The molecular weight excluding hydrogens is 250 g/mol. The SMILES string of the molecule is CCNC(c1cc(OC)ncn1)C1CCC(CC)CC1. The molecule has 1 saturated carbocycles. The van der Waals surface area contributed by atoms with Crippen molar-refractivity contribution in [1.29, 1.82) is 0 Å². The predicted molar refractivity (Wildman–Crippen MR) is 80.7 cm³/mol. The van der Waals surface area contributed by atoms with Crippen molar-refractivity contribution in [3.05, 3.63) is 18.1 Å². The highest BCUT2D eigenvalue weighted by atomic mass is 16.5. The Morgan fingerprint density at radius 1 is 1.25 bits per heavy atom. The first-order valence-corrected chi connectivity index (χ1v) is 7.87. The molecule has 0 aliphatic heterocycles. The second kappa shape index (κ2) is 7.58. The maximum Gasteiger partial charge on any atom is 0.216 e. The van der Waals surface area contributed by atoms with E-state index in [-0.39, 0.29) is 0 Å². The quantitative estimate of drug-likeness (QED) is 0.866. The Bertz CT molecular complexity index is 402. The minimum absolute atomic E-state index is 0.328. The maximum atomic E-state index is 5.23. The van der Waals surface area contributed by atoms with Crippen molar-refractivity contribution in [1.82, 2.24) is 15.3 Å². The standard InChI is InChI=1S/C16H27N3O/c1-4-12-6-8-13(9-7-12)16(17-5-2)14-10-15(20-3)19-11-18-14/h10-13,16-17H,4-9H2,1-3H3. The van der Waals surface area contributed by atoms with E-state index in [2.05, 4.69) is 29.1 Å². The van der Waals surface area contributed by atoms with Crippen LogP contribution in [0.1, 0.15) is 57.7 Å². The minimum Gasteiger partial charge on any atom is -0.481 e. The van der Waals surface area contributed by atoms with E-state index in [1.54, 1.807) is 13.4 Å². The van der Waals surface area contributed by atoms with Crippen LogP contribution in [0.5, 0.6) is 5.88 Å². The molecule has 1 aromatic rings. The summed E-state index contributed by atoms with van der Waals surface area (Å²) < 4.78 is 5.23. The van der Waals surface area contributed by atoms with Crippen LogP contribution >= 0.6 is 0 Å². The van der Waals surface area contributed by atoms with E-state index >= 15 is 0 Å². The van der Waals surface area contributed by atoms with Crippen LogP contribution in [-0.4, -0.2) is 23.6 Å². The van der Waals surface area contributed by atoms with Gasteiger partial charge in [-0.25, -0.2) is 9.97 Å². The fourth-order valence-corrected chi connectivity index (χ4v) is 3.30. The first-order chi connectivity index (χ1) is 9.78. The molecule has 0 saturated heterocycles. The average Bonchev–Trinajstić information content (AvgIpc) is 2.53. The van der Waals surface area contributed by atoms with Crippen LogP contribution in [0.4, 0.5) is 0 Å². The zero-order valence-electron chi connectivity index (χ0n) is 12.9. The zero-order chi connectivity index (χ0) is 14.4. The van der Waals surface area contributed by atoms with Gasteiger partial charge in [-0.2, -0.15) is 0 Å². The minimum atomic E-state index is 0.328. The number of methoxy groups -OCH3 is 1. The van der Waals surface area contributed by atoms with E-state index in [9.17, 15) is 0 Å². The van der Waals surface area contributed by atoms with Gasteiger partial charge in [0.15, 0.2) is 0 Å². The van der Waals surface area contributed by atoms with E-state index < -0.39 is 0 Å². The lowest BCUT2D eigenvalue weighted by Crippen LogP contribution is -2.31. The first-order valence-electron chi connectivity index (χ1n) is 7.87. The summed E-state index contributed by atoms with van der Waals surface area (Å²) in [5.41, 5.74) is 1.07. The highest BCUT2D eigenvalue weighted by Gasteiger charge is 2.28. The van der Waals surface area contributed by atoms with Gasteiger partial charge in [0.25, 0.3) is 0 Å². The highest BCUT2D eigenvalue weighted by Crippen LogP contribution is 2.37. The molecule has 1 atom stereocenters. The molecule has 1 aliphatic carbocycles. The van der Waals surface area contributed by atoms with Gasteiger partial charge in [-0.05, 0) is 31.2 Å². The summed E-state index contributed by atoms with van der Waals surface area (Å²) in [6.45, 7) is 5.43. The Kier molecular flexibility index (Phi) is 5.77. The largest absolute Gasteiger partial charge is 0.481 e. The lowest BCUT2D eigenvalue weighted by molar-refractivity contribution is 0.217.